The number of hydrogen-bond acceptors (Lipinski definition) is 8. The summed E-state index contributed by atoms with van der Waals surface area (Å²) < 4.78 is 28.5. The molecule has 1 amide bonds. The molecule has 0 atom stereocenters. The number of morpholine rings is 1. The van der Waals surface area contributed by atoms with Gasteiger partial charge in [0.05, 0.1) is 26.0 Å². The summed E-state index contributed by atoms with van der Waals surface area (Å²) >= 11 is 1.29. The van der Waals surface area contributed by atoms with Gasteiger partial charge in [0.15, 0.2) is 0 Å². The number of halogens is 1. The molecular weight excluding hydrogens is 457 g/mol. The predicted octanol–water partition coefficient (Wildman–Crippen LogP) is 3.10. The lowest BCUT2D eigenvalue weighted by molar-refractivity contribution is -0.120. The van der Waals surface area contributed by atoms with Crippen LogP contribution in [-0.4, -0.2) is 66.1 Å². The van der Waals surface area contributed by atoms with Gasteiger partial charge in [-0.2, -0.15) is 4.37 Å². The number of ether oxygens (including phenoxy) is 1. The molecule has 0 unspecified atom stereocenters. The highest BCUT2D eigenvalue weighted by Gasteiger charge is 2.17. The number of nitrogens with zero attached hydrogens (tertiary/aromatic N) is 4. The molecule has 8 nitrogen and oxygen atoms in total. The van der Waals surface area contributed by atoms with E-state index >= 15 is 0 Å². The van der Waals surface area contributed by atoms with Crippen LogP contribution >= 0.6 is 11.5 Å². The number of aromatic nitrogens is 2. The highest BCUT2D eigenvalue weighted by Crippen LogP contribution is 2.22. The van der Waals surface area contributed by atoms with Gasteiger partial charge >= 0.3 is 0 Å². The summed E-state index contributed by atoms with van der Waals surface area (Å²) in [7, 11) is 0. The lowest BCUT2D eigenvalue weighted by Gasteiger charge is -2.26. The van der Waals surface area contributed by atoms with Crippen molar-refractivity contribution in [3.8, 4) is 0 Å². The van der Waals surface area contributed by atoms with E-state index in [1.807, 2.05) is 17.0 Å². The average molecular weight is 488 g/mol. The maximum Gasteiger partial charge on any atom is 0.221 e. The van der Waals surface area contributed by atoms with Gasteiger partial charge in [-0.15, -0.1) is 0 Å². The first kappa shape index (κ1) is 24.3. The highest BCUT2D eigenvalue weighted by atomic mass is 32.1. The van der Waals surface area contributed by atoms with Gasteiger partial charge in [-0.05, 0) is 42.8 Å². The summed E-state index contributed by atoms with van der Waals surface area (Å²) in [4.78, 5) is 21.5. The molecule has 0 saturated carbocycles. The van der Waals surface area contributed by atoms with Crippen LogP contribution in [0.2, 0.25) is 0 Å². The van der Waals surface area contributed by atoms with Crippen molar-refractivity contribution in [2.75, 3.05) is 50.8 Å². The van der Waals surface area contributed by atoms with Crippen molar-refractivity contribution in [3.05, 3.63) is 65.6 Å². The molecule has 0 spiro atoms. The zero-order valence-electron chi connectivity index (χ0n) is 19.1. The van der Waals surface area contributed by atoms with Crippen LogP contribution in [0.1, 0.15) is 30.0 Å². The molecule has 1 aromatic carbocycles. The van der Waals surface area contributed by atoms with Crippen molar-refractivity contribution < 1.29 is 18.3 Å². The van der Waals surface area contributed by atoms with E-state index in [1.54, 1.807) is 18.4 Å². The largest absolute Gasteiger partial charge is 0.467 e. The Morgan fingerprint density at radius 3 is 2.79 bits per heavy atom. The Morgan fingerprint density at radius 2 is 2.03 bits per heavy atom. The van der Waals surface area contributed by atoms with Crippen LogP contribution in [0.3, 0.4) is 0 Å². The third-order valence-corrected chi connectivity index (χ3v) is 6.43. The molecule has 1 aliphatic heterocycles. The zero-order chi connectivity index (χ0) is 23.6. The number of anilines is 1. The van der Waals surface area contributed by atoms with Crippen molar-refractivity contribution in [2.24, 2.45) is 0 Å². The van der Waals surface area contributed by atoms with E-state index in [0.29, 0.717) is 38.3 Å². The van der Waals surface area contributed by atoms with Crippen LogP contribution in [-0.2, 0) is 22.5 Å². The van der Waals surface area contributed by atoms with E-state index in [4.69, 9.17) is 9.15 Å². The second kappa shape index (κ2) is 12.6. The second-order valence-electron chi connectivity index (χ2n) is 8.20. The first-order valence-corrected chi connectivity index (χ1v) is 12.3. The standard InChI is InChI=1S/C24H30FN5O3S/c25-20-6-4-19(5-7-20)17-22-27-24(34-28-22)30(18-21-3-1-14-33-21)11-8-23(31)26-9-2-10-29-12-15-32-16-13-29/h1,3-7,14H,2,8-13,15-18H2,(H,26,31). The Hall–Kier alpha value is -2.82. The van der Waals surface area contributed by atoms with Crippen molar-refractivity contribution in [1.82, 2.24) is 19.6 Å². The van der Waals surface area contributed by atoms with Crippen molar-refractivity contribution in [3.63, 3.8) is 0 Å². The lowest BCUT2D eigenvalue weighted by Crippen LogP contribution is -2.38. The van der Waals surface area contributed by atoms with Crippen LogP contribution in [0.15, 0.2) is 47.1 Å². The van der Waals surface area contributed by atoms with E-state index in [9.17, 15) is 9.18 Å². The van der Waals surface area contributed by atoms with Crippen LogP contribution in [0, 0.1) is 5.82 Å². The summed E-state index contributed by atoms with van der Waals surface area (Å²) in [6.07, 6.45) is 3.43. The molecule has 3 aromatic rings. The summed E-state index contributed by atoms with van der Waals surface area (Å²) in [6.45, 7) is 6.13. The summed E-state index contributed by atoms with van der Waals surface area (Å²) in [5.74, 6) is 1.21. The number of amides is 1. The molecule has 3 heterocycles. The number of carbonyl (C=O) groups excluding carboxylic acids is 1. The van der Waals surface area contributed by atoms with E-state index in [-0.39, 0.29) is 11.7 Å². The molecule has 1 saturated heterocycles. The minimum Gasteiger partial charge on any atom is -0.467 e. The minimum absolute atomic E-state index is 0.0162. The summed E-state index contributed by atoms with van der Waals surface area (Å²) in [5, 5.41) is 3.75. The molecule has 0 radical (unpaired) electrons. The third kappa shape index (κ3) is 7.61. The van der Waals surface area contributed by atoms with Gasteiger partial charge in [0.2, 0.25) is 11.0 Å². The van der Waals surface area contributed by atoms with Gasteiger partial charge in [-0.1, -0.05) is 12.1 Å². The van der Waals surface area contributed by atoms with E-state index in [1.165, 1.54) is 23.7 Å². The van der Waals surface area contributed by atoms with Crippen LogP contribution in [0.5, 0.6) is 0 Å². The Morgan fingerprint density at radius 1 is 1.21 bits per heavy atom. The molecule has 10 heteroatoms. The molecule has 2 aromatic heterocycles. The van der Waals surface area contributed by atoms with Gasteiger partial charge in [0.1, 0.15) is 17.4 Å². The Kier molecular flexibility index (Phi) is 9.00. The van der Waals surface area contributed by atoms with Crippen LogP contribution < -0.4 is 10.2 Å². The van der Waals surface area contributed by atoms with Gasteiger partial charge in [-0.25, -0.2) is 9.37 Å². The topological polar surface area (TPSA) is 83.7 Å². The minimum atomic E-state index is -0.264. The van der Waals surface area contributed by atoms with Gasteiger partial charge < -0.3 is 19.4 Å². The van der Waals surface area contributed by atoms with Crippen LogP contribution in [0.25, 0.3) is 0 Å². The monoisotopic (exact) mass is 487 g/mol. The molecular formula is C24H30FN5O3S. The molecule has 4 rings (SSSR count). The number of furan rings is 1. The quantitative estimate of drug-likeness (QED) is 0.393. The maximum absolute atomic E-state index is 13.2. The van der Waals surface area contributed by atoms with Crippen molar-refractivity contribution in [2.45, 2.75) is 25.8 Å². The Balaban J connectivity index is 1.28. The second-order valence-corrected chi connectivity index (χ2v) is 8.94. The first-order chi connectivity index (χ1) is 16.7. The fourth-order valence-electron chi connectivity index (χ4n) is 3.74. The number of rotatable bonds is 12. The first-order valence-electron chi connectivity index (χ1n) is 11.6. The SMILES string of the molecule is O=C(CCN(Cc1ccco1)c1nc(Cc2ccc(F)cc2)ns1)NCCCN1CCOCC1. The number of nitrogens with one attached hydrogen (secondary N) is 1. The maximum atomic E-state index is 13.2. The molecule has 1 N–H and O–H groups in total. The van der Waals surface area contributed by atoms with Gasteiger partial charge in [0, 0.05) is 50.6 Å². The average Bonchev–Trinajstić information content (AvgIpc) is 3.54. The lowest BCUT2D eigenvalue weighted by atomic mass is 10.1. The fraction of sp³-hybridized carbons (Fsp3) is 0.458. The number of benzene rings is 1. The van der Waals surface area contributed by atoms with Crippen molar-refractivity contribution >= 4 is 22.6 Å². The zero-order valence-corrected chi connectivity index (χ0v) is 19.9. The molecule has 0 bridgehead atoms. The van der Waals surface area contributed by atoms with Gasteiger partial charge in [0.25, 0.3) is 0 Å². The fourth-order valence-corrected chi connectivity index (χ4v) is 4.45. The molecule has 1 aliphatic rings. The van der Waals surface area contributed by atoms with E-state index in [0.717, 1.165) is 55.7 Å². The molecule has 0 aliphatic carbocycles. The number of hydrogen-bond donors (Lipinski definition) is 1. The highest BCUT2D eigenvalue weighted by molar-refractivity contribution is 7.09. The third-order valence-electron chi connectivity index (χ3n) is 5.62. The van der Waals surface area contributed by atoms with Crippen molar-refractivity contribution in [1.29, 1.82) is 0 Å². The summed E-state index contributed by atoms with van der Waals surface area (Å²) in [6, 6.07) is 10.1. The Bertz CT molecular complexity index is 1010. The smallest absolute Gasteiger partial charge is 0.221 e. The van der Waals surface area contributed by atoms with E-state index in [2.05, 4.69) is 19.6 Å². The molecule has 1 fully saturated rings. The molecule has 182 valence electrons. The van der Waals surface area contributed by atoms with Crippen LogP contribution in [0.4, 0.5) is 9.52 Å². The van der Waals surface area contributed by atoms with E-state index < -0.39 is 0 Å². The van der Waals surface area contributed by atoms with Gasteiger partial charge in [-0.3, -0.25) is 9.69 Å². The molecule has 34 heavy (non-hydrogen) atoms. The predicted molar refractivity (Wildman–Crippen MR) is 128 cm³/mol. The summed E-state index contributed by atoms with van der Waals surface area (Å²) in [5.41, 5.74) is 0.944. The number of carbonyl (C=O) groups is 1. The Labute approximate surface area is 202 Å². The normalized spacial score (nSPS) is 14.3.